The molecule has 8 nitrogen and oxygen atoms in total. The summed E-state index contributed by atoms with van der Waals surface area (Å²) in [4.78, 5) is 3.74. The molecule has 372 valence electrons. The summed E-state index contributed by atoms with van der Waals surface area (Å²) in [5.41, 5.74) is 20.6. The average Bonchev–Trinajstić information content (AvgIpc) is 4.22. The number of hydrogen-bond donors (Lipinski definition) is 0. The minimum atomic E-state index is 0.477. The molecule has 0 aliphatic carbocycles. The van der Waals surface area contributed by atoms with Crippen LogP contribution < -0.4 is 0 Å². The Morgan fingerprint density at radius 3 is 1.05 bits per heavy atom. The topological polar surface area (TPSA) is 133 Å². The molecule has 0 fully saturated rings. The molecule has 13 rings (SSSR count). The summed E-state index contributed by atoms with van der Waals surface area (Å²) in [5, 5.41) is 54.2. The number of aromatic nitrogens is 2. The highest BCUT2D eigenvalue weighted by Gasteiger charge is 2.24. The van der Waals surface area contributed by atoms with Gasteiger partial charge in [0, 0.05) is 32.7 Å². The first kappa shape index (κ1) is 48.6. The van der Waals surface area contributed by atoms with Crippen LogP contribution in [0.15, 0.2) is 224 Å². The van der Waals surface area contributed by atoms with Crippen LogP contribution in [-0.2, 0) is 0 Å². The quantitative estimate of drug-likeness (QED) is 0.140. The molecular weight excluding hydrogens is 989 g/mol. The smallest absolute Gasteiger partial charge is 0.187 e. The third-order valence-corrected chi connectivity index (χ3v) is 15.4. The lowest BCUT2D eigenvalue weighted by Crippen LogP contribution is -2.03. The van der Waals surface area contributed by atoms with Crippen LogP contribution in [0.2, 0.25) is 0 Å². The van der Waals surface area contributed by atoms with Gasteiger partial charge in [-0.3, -0.25) is 0 Å². The van der Waals surface area contributed by atoms with E-state index >= 15 is 0 Å². The Hall–Kier alpha value is -12.0. The van der Waals surface area contributed by atoms with Gasteiger partial charge in [-0.15, -0.1) is 0 Å². The summed E-state index contributed by atoms with van der Waals surface area (Å²) in [6.45, 7) is 9.82. The molecule has 0 N–H and O–H groups in total. The van der Waals surface area contributed by atoms with Crippen molar-refractivity contribution >= 4 is 49.3 Å². The van der Waals surface area contributed by atoms with E-state index in [1.165, 1.54) is 0 Å². The van der Waals surface area contributed by atoms with E-state index in [2.05, 4.69) is 135 Å². The van der Waals surface area contributed by atoms with Gasteiger partial charge in [-0.2, -0.15) is 26.3 Å². The zero-order chi connectivity index (χ0) is 55.3. The van der Waals surface area contributed by atoms with E-state index in [0.717, 1.165) is 127 Å². The van der Waals surface area contributed by atoms with Crippen molar-refractivity contribution in [3.63, 3.8) is 0 Å². The van der Waals surface area contributed by atoms with Crippen molar-refractivity contribution in [1.29, 1.82) is 26.3 Å². The van der Waals surface area contributed by atoms with E-state index in [4.69, 9.17) is 6.57 Å². The Balaban J connectivity index is 1.11. The molecule has 11 aromatic carbocycles. The first-order valence-corrected chi connectivity index (χ1v) is 26.1. The van der Waals surface area contributed by atoms with Gasteiger partial charge in [0.2, 0.25) is 0 Å². The largest absolute Gasteiger partial charge is 0.309 e. The monoisotopic (exact) mass is 1030 g/mol. The molecule has 0 saturated carbocycles. The standard InChI is InChI=1S/C73H40N8/c1-45-29-49(43-77)15-22-61(45)59-17-24-63(73(39-59)81-70-27-20-57(53-12-5-9-48(32-53)42-76)37-66(70)67-38-58(21-28-71(67)81)54-13-6-14-60(34-54)79-2)62-23-16-50(44-78)33-72(62)80-68-25-18-55(51-10-3-7-46(30-51)40-74)35-64(68)65-36-56(19-26-69(65)80)52-11-4-8-47(31-52)41-75/h3-39H,1H3. The fourth-order valence-corrected chi connectivity index (χ4v) is 11.5. The number of aryl methyl sites for hydroxylation is 1. The zero-order valence-corrected chi connectivity index (χ0v) is 43.4. The normalized spacial score (nSPS) is 11.0. The second-order valence-corrected chi connectivity index (χ2v) is 20.1. The van der Waals surface area contributed by atoms with E-state index in [9.17, 15) is 26.3 Å². The maximum atomic E-state index is 10.7. The highest BCUT2D eigenvalue weighted by molar-refractivity contribution is 6.14. The molecule has 0 aliphatic rings. The van der Waals surface area contributed by atoms with Crippen molar-refractivity contribution in [2.24, 2.45) is 0 Å². The van der Waals surface area contributed by atoms with E-state index in [0.29, 0.717) is 33.5 Å². The maximum absolute atomic E-state index is 10.7. The van der Waals surface area contributed by atoms with Crippen LogP contribution in [0, 0.1) is 70.2 Å². The lowest BCUT2D eigenvalue weighted by atomic mass is 9.93. The molecule has 0 unspecified atom stereocenters. The molecule has 2 aromatic heterocycles. The van der Waals surface area contributed by atoms with Crippen molar-refractivity contribution < 1.29 is 0 Å². The summed E-state index contributed by atoms with van der Waals surface area (Å²) in [6.07, 6.45) is 0. The van der Waals surface area contributed by atoms with Crippen LogP contribution in [0.5, 0.6) is 0 Å². The molecule has 0 bridgehead atoms. The lowest BCUT2D eigenvalue weighted by Gasteiger charge is -2.20. The Labute approximate surface area is 467 Å². The molecule has 81 heavy (non-hydrogen) atoms. The minimum Gasteiger partial charge on any atom is -0.309 e. The summed E-state index contributed by atoms with van der Waals surface area (Å²) in [6, 6.07) is 85.9. The van der Waals surface area contributed by atoms with Crippen LogP contribution in [0.3, 0.4) is 0 Å². The van der Waals surface area contributed by atoms with Gasteiger partial charge in [-0.1, -0.05) is 103 Å². The van der Waals surface area contributed by atoms with Gasteiger partial charge in [0.05, 0.1) is 98.2 Å². The summed E-state index contributed by atoms with van der Waals surface area (Å²) < 4.78 is 4.56. The molecule has 0 radical (unpaired) electrons. The van der Waals surface area contributed by atoms with Crippen LogP contribution in [0.25, 0.3) is 127 Å². The van der Waals surface area contributed by atoms with Crippen molar-refractivity contribution in [1.82, 2.24) is 9.13 Å². The van der Waals surface area contributed by atoms with E-state index in [1.807, 2.05) is 122 Å². The Bertz CT molecular complexity index is 4870. The van der Waals surface area contributed by atoms with Crippen molar-refractivity contribution in [2.45, 2.75) is 6.92 Å². The first-order chi connectivity index (χ1) is 39.7. The minimum absolute atomic E-state index is 0.477. The highest BCUT2D eigenvalue weighted by Crippen LogP contribution is 2.45. The van der Waals surface area contributed by atoms with Crippen LogP contribution >= 0.6 is 0 Å². The number of fused-ring (bicyclic) bond motifs is 6. The zero-order valence-electron chi connectivity index (χ0n) is 43.4. The molecule has 0 aliphatic heterocycles. The molecule has 0 saturated heterocycles. The van der Waals surface area contributed by atoms with Gasteiger partial charge in [0.15, 0.2) is 5.69 Å². The number of hydrogen-bond acceptors (Lipinski definition) is 5. The lowest BCUT2D eigenvalue weighted by molar-refractivity contribution is 1.16. The number of nitrogens with zero attached hydrogens (tertiary/aromatic N) is 8. The van der Waals surface area contributed by atoms with Gasteiger partial charge in [0.25, 0.3) is 0 Å². The molecule has 2 heterocycles. The number of nitriles is 5. The third-order valence-electron chi connectivity index (χ3n) is 15.4. The third kappa shape index (κ3) is 8.46. The first-order valence-electron chi connectivity index (χ1n) is 26.1. The molecule has 8 heteroatoms. The Kier molecular flexibility index (Phi) is 11.9. The average molecular weight is 1030 g/mol. The summed E-state index contributed by atoms with van der Waals surface area (Å²) in [7, 11) is 0. The SMILES string of the molecule is [C-]#[N+]c1cccc(-c2ccc3c(c2)c2cc(-c4cccc(C#N)c4)ccc2n3-c2cc(-c3ccc(C#N)cc3C)ccc2-c2ccc(C#N)cc2-n2c3ccc(-c4cccc(C#N)c4)cc3c3cc(-c4cccc(C#N)c4)ccc32)c1. The second-order valence-electron chi connectivity index (χ2n) is 20.1. The van der Waals surface area contributed by atoms with Crippen molar-refractivity contribution in [2.75, 3.05) is 0 Å². The fourth-order valence-electron chi connectivity index (χ4n) is 11.5. The number of benzene rings is 11. The van der Waals surface area contributed by atoms with Crippen LogP contribution in [0.4, 0.5) is 5.69 Å². The fraction of sp³-hybridized carbons (Fsp3) is 0.0137. The maximum Gasteiger partial charge on any atom is 0.187 e. The van der Waals surface area contributed by atoms with Crippen molar-refractivity contribution in [3.8, 4) is 108 Å². The number of rotatable bonds is 8. The molecule has 13 aromatic rings. The Morgan fingerprint density at radius 1 is 0.309 bits per heavy atom. The molecule has 0 atom stereocenters. The molecular formula is C73H40N8. The van der Waals surface area contributed by atoms with Gasteiger partial charge in [0.1, 0.15) is 0 Å². The molecule has 0 amide bonds. The van der Waals surface area contributed by atoms with Crippen LogP contribution in [0.1, 0.15) is 33.4 Å². The molecule has 0 spiro atoms. The van der Waals surface area contributed by atoms with Gasteiger partial charge in [-0.25, -0.2) is 4.85 Å². The predicted octanol–water partition coefficient (Wildman–Crippen LogP) is 18.1. The van der Waals surface area contributed by atoms with E-state index in [1.54, 1.807) is 18.2 Å². The van der Waals surface area contributed by atoms with E-state index in [-0.39, 0.29) is 0 Å². The predicted molar refractivity (Wildman–Crippen MR) is 322 cm³/mol. The Morgan fingerprint density at radius 2 is 0.642 bits per heavy atom. The van der Waals surface area contributed by atoms with Crippen LogP contribution in [-0.4, -0.2) is 9.13 Å². The van der Waals surface area contributed by atoms with Crippen molar-refractivity contribution in [3.05, 3.63) is 269 Å². The highest BCUT2D eigenvalue weighted by atomic mass is 15.0. The van der Waals surface area contributed by atoms with E-state index < -0.39 is 0 Å². The summed E-state index contributed by atoms with van der Waals surface area (Å²) >= 11 is 0. The van der Waals surface area contributed by atoms with Gasteiger partial charge >= 0.3 is 0 Å². The summed E-state index contributed by atoms with van der Waals surface area (Å²) in [5.74, 6) is 0. The van der Waals surface area contributed by atoms with Gasteiger partial charge in [-0.05, 0) is 189 Å². The van der Waals surface area contributed by atoms with Gasteiger partial charge < -0.3 is 9.13 Å². The second kappa shape index (κ2) is 19.8.